The zero-order chi connectivity index (χ0) is 27.8. The minimum atomic E-state index is -4.93. The molecule has 0 atom stereocenters. The number of nitrogens with zero attached hydrogens (tertiary/aromatic N) is 5. The summed E-state index contributed by atoms with van der Waals surface area (Å²) in [6, 6.07) is 5.66. The molecular weight excluding hydrogens is 522 g/mol. The minimum Gasteiger partial charge on any atom is -0.406 e. The number of aromatic nitrogens is 5. The van der Waals surface area contributed by atoms with E-state index >= 15 is 0 Å². The molecule has 0 aliphatic heterocycles. The quantitative estimate of drug-likeness (QED) is 0.260. The van der Waals surface area contributed by atoms with Gasteiger partial charge in [-0.1, -0.05) is 11.6 Å². The topological polar surface area (TPSA) is 124 Å². The van der Waals surface area contributed by atoms with Crippen LogP contribution in [0.15, 0.2) is 36.5 Å². The fraction of sp³-hybridized carbons (Fsp3) is 0.440. The van der Waals surface area contributed by atoms with Crippen molar-refractivity contribution >= 4 is 17.6 Å². The highest BCUT2D eigenvalue weighted by Crippen LogP contribution is 2.26. The van der Waals surface area contributed by atoms with Gasteiger partial charge in [-0.15, -0.1) is 23.4 Å². The van der Waals surface area contributed by atoms with Crippen LogP contribution < -0.4 is 15.4 Å². The Labute approximate surface area is 221 Å². The van der Waals surface area contributed by atoms with E-state index in [1.54, 1.807) is 16.9 Å². The van der Waals surface area contributed by atoms with Crippen molar-refractivity contribution in [1.29, 1.82) is 0 Å². The smallest absolute Gasteiger partial charge is 0.406 e. The Morgan fingerprint density at radius 2 is 1.90 bits per heavy atom. The van der Waals surface area contributed by atoms with Crippen LogP contribution in [0.5, 0.6) is 5.75 Å². The maximum absolute atomic E-state index is 13.9. The monoisotopic (exact) mass is 549 g/mol. The third kappa shape index (κ3) is 8.72. The molecule has 208 valence electrons. The maximum atomic E-state index is 13.9. The molecule has 1 fully saturated rings. The molecule has 2 N–H and O–H groups in total. The van der Waals surface area contributed by atoms with Gasteiger partial charge in [-0.25, -0.2) is 4.39 Å². The first-order chi connectivity index (χ1) is 18.6. The molecule has 1 aromatic carbocycles. The molecular formula is C25H27F4N7O3. The number of amides is 2. The Hall–Kier alpha value is -4.10. The summed E-state index contributed by atoms with van der Waals surface area (Å²) in [6.07, 6.45) is 1.83. The van der Waals surface area contributed by atoms with Gasteiger partial charge in [-0.2, -0.15) is 5.10 Å². The van der Waals surface area contributed by atoms with Gasteiger partial charge >= 0.3 is 6.36 Å². The van der Waals surface area contributed by atoms with Crippen LogP contribution in [0.1, 0.15) is 53.8 Å². The lowest BCUT2D eigenvalue weighted by Crippen LogP contribution is -2.32. The number of carbonyl (C=O) groups is 2. The molecule has 0 saturated heterocycles. The van der Waals surface area contributed by atoms with E-state index in [0.29, 0.717) is 36.8 Å². The van der Waals surface area contributed by atoms with Crippen molar-refractivity contribution in [2.75, 3.05) is 11.9 Å². The summed E-state index contributed by atoms with van der Waals surface area (Å²) in [6.45, 7) is 1.25. The Morgan fingerprint density at radius 1 is 1.08 bits per heavy atom. The molecule has 1 aliphatic rings. The van der Waals surface area contributed by atoms with Crippen molar-refractivity contribution in [1.82, 2.24) is 30.5 Å². The Bertz CT molecular complexity index is 1280. The number of unbranched alkanes of at least 4 members (excludes halogenated alkanes) is 1. The molecule has 4 rings (SSSR count). The van der Waals surface area contributed by atoms with Crippen LogP contribution in [0.4, 0.5) is 23.4 Å². The van der Waals surface area contributed by atoms with Crippen LogP contribution in [0.2, 0.25) is 0 Å². The molecule has 0 unspecified atom stereocenters. The number of hydrogen-bond acceptors (Lipinski definition) is 7. The SMILES string of the molecule is O=C(Cc1cc(OC(F)(F)F)ccc1F)Nc1ccc(CCCCn2cc(C(=O)NCC3CCC3)nn2)nn1. The molecule has 14 heteroatoms. The summed E-state index contributed by atoms with van der Waals surface area (Å²) >= 11 is 0. The van der Waals surface area contributed by atoms with Gasteiger partial charge in [0.2, 0.25) is 5.91 Å². The lowest BCUT2D eigenvalue weighted by Gasteiger charge is -2.25. The second-order valence-electron chi connectivity index (χ2n) is 9.27. The van der Waals surface area contributed by atoms with E-state index in [4.69, 9.17) is 0 Å². The predicted molar refractivity (Wildman–Crippen MR) is 130 cm³/mol. The predicted octanol–water partition coefficient (Wildman–Crippen LogP) is 3.84. The number of anilines is 1. The summed E-state index contributed by atoms with van der Waals surface area (Å²) in [5.41, 5.74) is 0.723. The van der Waals surface area contributed by atoms with Crippen LogP contribution in [0.3, 0.4) is 0 Å². The Morgan fingerprint density at radius 3 is 2.59 bits per heavy atom. The van der Waals surface area contributed by atoms with Gasteiger partial charge in [-0.05, 0) is 68.4 Å². The van der Waals surface area contributed by atoms with Gasteiger partial charge in [0.25, 0.3) is 5.91 Å². The molecule has 1 saturated carbocycles. The normalized spacial score (nSPS) is 13.5. The first-order valence-electron chi connectivity index (χ1n) is 12.5. The molecule has 0 spiro atoms. The molecule has 2 aromatic heterocycles. The van der Waals surface area contributed by atoms with Crippen LogP contribution in [0, 0.1) is 11.7 Å². The standard InChI is InChI=1S/C25H27F4N7O3/c26-20-9-8-19(39-25(27,28)29)12-17(20)13-23(37)31-22-10-7-18(32-34-22)6-1-2-11-36-15-21(33-35-36)24(38)30-14-16-4-3-5-16/h7-10,12,15-16H,1-6,11,13-14H2,(H,30,38)(H,31,34,37). The van der Waals surface area contributed by atoms with Crippen molar-refractivity contribution in [2.45, 2.75) is 57.9 Å². The number of carbonyl (C=O) groups excluding carboxylic acids is 2. The number of aryl methyl sites for hydroxylation is 2. The number of rotatable bonds is 12. The molecule has 2 heterocycles. The van der Waals surface area contributed by atoms with E-state index < -0.39 is 30.3 Å². The fourth-order valence-electron chi connectivity index (χ4n) is 3.92. The van der Waals surface area contributed by atoms with Crippen molar-refractivity contribution in [2.24, 2.45) is 5.92 Å². The molecule has 3 aromatic rings. The fourth-order valence-corrected chi connectivity index (χ4v) is 3.92. The second-order valence-corrected chi connectivity index (χ2v) is 9.27. The summed E-state index contributed by atoms with van der Waals surface area (Å²) in [5, 5.41) is 21.2. The van der Waals surface area contributed by atoms with Gasteiger partial charge in [0.15, 0.2) is 11.5 Å². The third-order valence-electron chi connectivity index (χ3n) is 6.21. The van der Waals surface area contributed by atoms with Gasteiger partial charge in [0.1, 0.15) is 11.6 Å². The van der Waals surface area contributed by atoms with Crippen LogP contribution in [0.25, 0.3) is 0 Å². The van der Waals surface area contributed by atoms with Crippen LogP contribution >= 0.6 is 0 Å². The summed E-state index contributed by atoms with van der Waals surface area (Å²) in [7, 11) is 0. The zero-order valence-electron chi connectivity index (χ0n) is 20.9. The van der Waals surface area contributed by atoms with Gasteiger partial charge in [-0.3, -0.25) is 14.3 Å². The Balaban J connectivity index is 1.17. The minimum absolute atomic E-state index is 0.123. The number of halogens is 4. The molecule has 10 nitrogen and oxygen atoms in total. The average Bonchev–Trinajstić information content (AvgIpc) is 3.32. The lowest BCUT2D eigenvalue weighted by atomic mass is 9.85. The van der Waals surface area contributed by atoms with E-state index in [0.717, 1.165) is 43.9 Å². The van der Waals surface area contributed by atoms with E-state index in [9.17, 15) is 27.2 Å². The maximum Gasteiger partial charge on any atom is 0.573 e. The van der Waals surface area contributed by atoms with Crippen molar-refractivity contribution in [3.8, 4) is 5.75 Å². The van der Waals surface area contributed by atoms with E-state index in [1.165, 1.54) is 12.5 Å². The molecule has 39 heavy (non-hydrogen) atoms. The summed E-state index contributed by atoms with van der Waals surface area (Å²) in [4.78, 5) is 24.4. The molecule has 0 radical (unpaired) electrons. The van der Waals surface area contributed by atoms with E-state index in [1.807, 2.05) is 0 Å². The van der Waals surface area contributed by atoms with Crippen molar-refractivity contribution in [3.63, 3.8) is 0 Å². The number of alkyl halides is 3. The molecule has 1 aliphatic carbocycles. The van der Waals surface area contributed by atoms with Gasteiger partial charge < -0.3 is 15.4 Å². The van der Waals surface area contributed by atoms with E-state index in [2.05, 4.69) is 35.9 Å². The molecule has 0 bridgehead atoms. The third-order valence-corrected chi connectivity index (χ3v) is 6.21. The summed E-state index contributed by atoms with van der Waals surface area (Å²) in [5.74, 6) is -1.67. The van der Waals surface area contributed by atoms with Crippen molar-refractivity contribution < 1.29 is 31.9 Å². The number of nitrogens with one attached hydrogen (secondary N) is 2. The summed E-state index contributed by atoms with van der Waals surface area (Å²) < 4.78 is 56.5. The zero-order valence-corrected chi connectivity index (χ0v) is 20.9. The van der Waals surface area contributed by atoms with Crippen LogP contribution in [-0.2, 0) is 24.2 Å². The lowest BCUT2D eigenvalue weighted by molar-refractivity contribution is -0.274. The van der Waals surface area contributed by atoms with Gasteiger partial charge in [0, 0.05) is 18.7 Å². The number of hydrogen-bond donors (Lipinski definition) is 2. The number of benzene rings is 1. The highest BCUT2D eigenvalue weighted by molar-refractivity contribution is 5.92. The Kier molecular flexibility index (Phi) is 9.04. The average molecular weight is 550 g/mol. The highest BCUT2D eigenvalue weighted by Gasteiger charge is 2.31. The van der Waals surface area contributed by atoms with Crippen molar-refractivity contribution in [3.05, 3.63) is 59.3 Å². The largest absolute Gasteiger partial charge is 0.573 e. The van der Waals surface area contributed by atoms with Gasteiger partial charge in [0.05, 0.1) is 18.3 Å². The first kappa shape index (κ1) is 27.9. The first-order valence-corrected chi connectivity index (χ1v) is 12.5. The van der Waals surface area contributed by atoms with E-state index in [-0.39, 0.29) is 17.3 Å². The number of ether oxygens (including phenoxy) is 1. The van der Waals surface area contributed by atoms with Crippen LogP contribution in [-0.4, -0.2) is 49.9 Å². The highest BCUT2D eigenvalue weighted by atomic mass is 19.4. The second kappa shape index (κ2) is 12.6. The molecule has 2 amide bonds.